The Kier molecular flexibility index (Phi) is 7.82. The summed E-state index contributed by atoms with van der Waals surface area (Å²) >= 11 is 0. The van der Waals surface area contributed by atoms with E-state index in [1.54, 1.807) is 36.4 Å². The number of nitrogens with zero attached hydrogens (tertiary/aromatic N) is 1. The maximum absolute atomic E-state index is 13.1. The summed E-state index contributed by atoms with van der Waals surface area (Å²) in [6.45, 7) is 2.41. The number of halogens is 1. The number of nitrogens with one attached hydrogen (secondary N) is 1. The van der Waals surface area contributed by atoms with Gasteiger partial charge in [-0.2, -0.15) is 5.26 Å². The van der Waals surface area contributed by atoms with E-state index in [0.29, 0.717) is 35.6 Å². The first-order valence-electron chi connectivity index (χ1n) is 10.4. The number of carbonyl (C=O) groups is 1. The van der Waals surface area contributed by atoms with E-state index in [0.717, 1.165) is 17.5 Å². The van der Waals surface area contributed by atoms with Crippen molar-refractivity contribution in [2.75, 3.05) is 19.0 Å². The van der Waals surface area contributed by atoms with Gasteiger partial charge < -0.3 is 14.8 Å². The number of esters is 1. The molecule has 0 amide bonds. The molecule has 0 fully saturated rings. The monoisotopic (exact) mass is 432 g/mol. The number of carbonyl (C=O) groups excluding carboxylic acids is 1. The molecule has 0 aromatic heterocycles. The quantitative estimate of drug-likeness (QED) is 0.470. The number of aryl methyl sites for hydroxylation is 1. The molecule has 0 heterocycles. The SMILES string of the molecule is CCc1ccc(OCCc2ccc(F)cc2)c(C(Nc2ccc(C#N)cc2)C(=O)OC)c1. The van der Waals surface area contributed by atoms with Crippen molar-refractivity contribution in [3.8, 4) is 11.8 Å². The Balaban J connectivity index is 1.85. The molecule has 1 N–H and O–H groups in total. The number of methoxy groups -OCH3 is 1. The van der Waals surface area contributed by atoms with E-state index in [1.165, 1.54) is 19.2 Å². The number of hydrogen-bond donors (Lipinski definition) is 1. The summed E-state index contributed by atoms with van der Waals surface area (Å²) in [4.78, 5) is 12.7. The van der Waals surface area contributed by atoms with Crippen LogP contribution in [0.5, 0.6) is 5.75 Å². The van der Waals surface area contributed by atoms with Crippen molar-refractivity contribution in [2.24, 2.45) is 0 Å². The maximum Gasteiger partial charge on any atom is 0.333 e. The largest absolute Gasteiger partial charge is 0.493 e. The van der Waals surface area contributed by atoms with Gasteiger partial charge in [0.25, 0.3) is 0 Å². The van der Waals surface area contributed by atoms with Crippen LogP contribution in [0.1, 0.15) is 35.2 Å². The molecule has 0 aliphatic heterocycles. The van der Waals surface area contributed by atoms with E-state index >= 15 is 0 Å². The number of benzene rings is 3. The first-order valence-corrected chi connectivity index (χ1v) is 10.4. The molecule has 1 unspecified atom stereocenters. The van der Waals surface area contributed by atoms with E-state index in [-0.39, 0.29) is 5.82 Å². The highest BCUT2D eigenvalue weighted by Crippen LogP contribution is 2.31. The lowest BCUT2D eigenvalue weighted by atomic mass is 10.0. The summed E-state index contributed by atoms with van der Waals surface area (Å²) in [6.07, 6.45) is 1.40. The lowest BCUT2D eigenvalue weighted by Crippen LogP contribution is -2.23. The second-order valence-electron chi connectivity index (χ2n) is 7.24. The second-order valence-corrected chi connectivity index (χ2v) is 7.24. The van der Waals surface area contributed by atoms with Crippen LogP contribution in [0.2, 0.25) is 0 Å². The molecule has 6 heteroatoms. The zero-order valence-electron chi connectivity index (χ0n) is 18.1. The molecule has 0 radical (unpaired) electrons. The van der Waals surface area contributed by atoms with Crippen molar-refractivity contribution in [3.63, 3.8) is 0 Å². The lowest BCUT2D eigenvalue weighted by Gasteiger charge is -2.22. The van der Waals surface area contributed by atoms with Gasteiger partial charge in [0.1, 0.15) is 11.6 Å². The zero-order valence-corrected chi connectivity index (χ0v) is 18.1. The number of anilines is 1. The molecule has 3 aromatic carbocycles. The van der Waals surface area contributed by atoms with E-state index in [4.69, 9.17) is 14.7 Å². The minimum absolute atomic E-state index is 0.276. The van der Waals surface area contributed by atoms with Crippen LogP contribution in [-0.4, -0.2) is 19.7 Å². The van der Waals surface area contributed by atoms with E-state index in [1.807, 2.05) is 25.1 Å². The van der Waals surface area contributed by atoms with Crippen molar-refractivity contribution in [1.29, 1.82) is 5.26 Å². The van der Waals surface area contributed by atoms with Crippen LogP contribution >= 0.6 is 0 Å². The van der Waals surface area contributed by atoms with Crippen molar-refractivity contribution in [2.45, 2.75) is 25.8 Å². The summed E-state index contributed by atoms with van der Waals surface area (Å²) in [6, 6.07) is 20.2. The van der Waals surface area contributed by atoms with Gasteiger partial charge in [0.05, 0.1) is 25.3 Å². The fraction of sp³-hybridized carbons (Fsp3) is 0.231. The molecule has 0 aliphatic rings. The molecular formula is C26H25FN2O3. The van der Waals surface area contributed by atoms with Crippen LogP contribution in [0.4, 0.5) is 10.1 Å². The fourth-order valence-corrected chi connectivity index (χ4v) is 3.29. The van der Waals surface area contributed by atoms with Crippen molar-refractivity contribution in [1.82, 2.24) is 0 Å². The van der Waals surface area contributed by atoms with Crippen LogP contribution in [0.3, 0.4) is 0 Å². The molecule has 3 aromatic rings. The normalized spacial score (nSPS) is 11.3. The van der Waals surface area contributed by atoms with Gasteiger partial charge >= 0.3 is 5.97 Å². The van der Waals surface area contributed by atoms with Crippen molar-refractivity contribution < 1.29 is 18.7 Å². The van der Waals surface area contributed by atoms with Crippen LogP contribution in [-0.2, 0) is 22.4 Å². The number of rotatable bonds is 9. The average molecular weight is 432 g/mol. The third-order valence-electron chi connectivity index (χ3n) is 5.12. The molecule has 5 nitrogen and oxygen atoms in total. The predicted octanol–water partition coefficient (Wildman–Crippen LogP) is 5.21. The van der Waals surface area contributed by atoms with Gasteiger partial charge in [0, 0.05) is 17.7 Å². The Morgan fingerprint density at radius 1 is 1.06 bits per heavy atom. The first kappa shape index (κ1) is 22.8. The third kappa shape index (κ3) is 5.86. The van der Waals surface area contributed by atoms with E-state index < -0.39 is 12.0 Å². The predicted molar refractivity (Wildman–Crippen MR) is 121 cm³/mol. The van der Waals surface area contributed by atoms with E-state index in [2.05, 4.69) is 11.4 Å². The summed E-state index contributed by atoms with van der Waals surface area (Å²) in [5.74, 6) is -0.159. The smallest absolute Gasteiger partial charge is 0.333 e. The fourth-order valence-electron chi connectivity index (χ4n) is 3.29. The number of hydrogen-bond acceptors (Lipinski definition) is 5. The molecule has 0 saturated carbocycles. The molecule has 1 atom stereocenters. The van der Waals surface area contributed by atoms with E-state index in [9.17, 15) is 9.18 Å². The Bertz CT molecular complexity index is 1090. The van der Waals surface area contributed by atoms with Gasteiger partial charge in [-0.1, -0.05) is 25.1 Å². The molecule has 32 heavy (non-hydrogen) atoms. The summed E-state index contributed by atoms with van der Waals surface area (Å²) in [7, 11) is 1.34. The Labute approximate surface area is 187 Å². The average Bonchev–Trinajstić information content (AvgIpc) is 2.84. The summed E-state index contributed by atoms with van der Waals surface area (Å²) in [5.41, 5.74) is 3.89. The van der Waals surface area contributed by atoms with Gasteiger partial charge in [-0.25, -0.2) is 9.18 Å². The number of ether oxygens (including phenoxy) is 2. The zero-order chi connectivity index (χ0) is 22.9. The van der Waals surface area contributed by atoms with Crippen LogP contribution in [0.15, 0.2) is 66.7 Å². The molecule has 0 aliphatic carbocycles. The van der Waals surface area contributed by atoms with Gasteiger partial charge in [-0.3, -0.25) is 0 Å². The van der Waals surface area contributed by atoms with Crippen LogP contribution in [0.25, 0.3) is 0 Å². The minimum Gasteiger partial charge on any atom is -0.493 e. The summed E-state index contributed by atoms with van der Waals surface area (Å²) < 4.78 is 24.2. The van der Waals surface area contributed by atoms with Gasteiger partial charge in [-0.05, 0) is 66.1 Å². The molecule has 0 spiro atoms. The standard InChI is InChI=1S/C26H25FN2O3/c1-3-18-8-13-24(32-15-14-19-4-9-21(27)10-5-19)23(16-18)25(26(30)31-2)29-22-11-6-20(17-28)7-12-22/h4-13,16,25,29H,3,14-15H2,1-2H3. The Morgan fingerprint density at radius 2 is 1.75 bits per heavy atom. The van der Waals surface area contributed by atoms with Crippen molar-refractivity contribution in [3.05, 3.63) is 94.8 Å². The van der Waals surface area contributed by atoms with Gasteiger partial charge in [0.2, 0.25) is 0 Å². The second kappa shape index (κ2) is 11.0. The molecular weight excluding hydrogens is 407 g/mol. The Morgan fingerprint density at radius 3 is 2.38 bits per heavy atom. The van der Waals surface area contributed by atoms with Crippen LogP contribution in [0, 0.1) is 17.1 Å². The first-order chi connectivity index (χ1) is 15.5. The molecule has 164 valence electrons. The lowest BCUT2D eigenvalue weighted by molar-refractivity contribution is -0.141. The van der Waals surface area contributed by atoms with Gasteiger partial charge in [-0.15, -0.1) is 0 Å². The molecule has 3 rings (SSSR count). The van der Waals surface area contributed by atoms with Crippen LogP contribution < -0.4 is 10.1 Å². The highest BCUT2D eigenvalue weighted by Gasteiger charge is 2.25. The highest BCUT2D eigenvalue weighted by atomic mass is 19.1. The maximum atomic E-state index is 13.1. The topological polar surface area (TPSA) is 71.3 Å². The highest BCUT2D eigenvalue weighted by molar-refractivity contribution is 5.82. The molecule has 0 saturated heterocycles. The van der Waals surface area contributed by atoms with Crippen molar-refractivity contribution >= 4 is 11.7 Å². The van der Waals surface area contributed by atoms with Gasteiger partial charge in [0.15, 0.2) is 6.04 Å². The molecule has 0 bridgehead atoms. The number of nitriles is 1. The third-order valence-corrected chi connectivity index (χ3v) is 5.12. The summed E-state index contributed by atoms with van der Waals surface area (Å²) in [5, 5.41) is 12.2. The minimum atomic E-state index is -0.791. The Hall–Kier alpha value is -3.85.